The van der Waals surface area contributed by atoms with E-state index in [0.717, 1.165) is 16.7 Å². The summed E-state index contributed by atoms with van der Waals surface area (Å²) >= 11 is 0. The molecular weight excluding hydrogens is 352 g/mol. The normalized spacial score (nSPS) is 12.9. The molecule has 0 radical (unpaired) electrons. The van der Waals surface area contributed by atoms with Gasteiger partial charge in [-0.25, -0.2) is 0 Å². The molecule has 28 heavy (non-hydrogen) atoms. The van der Waals surface area contributed by atoms with Gasteiger partial charge in [0, 0.05) is 35.8 Å². The van der Waals surface area contributed by atoms with Gasteiger partial charge in [-0.05, 0) is 23.3 Å². The first-order valence-corrected chi connectivity index (χ1v) is 9.04. The molecule has 0 atom stereocenters. The fourth-order valence-electron chi connectivity index (χ4n) is 3.32. The van der Waals surface area contributed by atoms with Crippen LogP contribution >= 0.6 is 0 Å². The van der Waals surface area contributed by atoms with Gasteiger partial charge in [0.1, 0.15) is 6.54 Å². The minimum absolute atomic E-state index is 0.0423. The Bertz CT molecular complexity index is 1010. The van der Waals surface area contributed by atoms with E-state index in [1.807, 2.05) is 59.4 Å². The van der Waals surface area contributed by atoms with Crippen molar-refractivity contribution in [1.82, 2.24) is 20.0 Å². The van der Waals surface area contributed by atoms with Crippen molar-refractivity contribution in [2.45, 2.75) is 13.1 Å². The molecule has 2 amide bonds. The van der Waals surface area contributed by atoms with Gasteiger partial charge in [0.2, 0.25) is 5.91 Å². The zero-order valence-corrected chi connectivity index (χ0v) is 15.3. The Morgan fingerprint density at radius 1 is 1.04 bits per heavy atom. The molecule has 0 unspecified atom stereocenters. The van der Waals surface area contributed by atoms with Gasteiger partial charge in [-0.3, -0.25) is 19.2 Å². The van der Waals surface area contributed by atoms with E-state index in [4.69, 9.17) is 0 Å². The Balaban J connectivity index is 1.35. The number of carbonyl (C=O) groups excluding carboxylic acids is 2. The smallest absolute Gasteiger partial charge is 0.259 e. The molecule has 1 aromatic heterocycles. The van der Waals surface area contributed by atoms with Gasteiger partial charge in [0.25, 0.3) is 5.91 Å². The molecule has 4 rings (SSSR count). The summed E-state index contributed by atoms with van der Waals surface area (Å²) in [5.74, 6) is -0.406. The van der Waals surface area contributed by atoms with Crippen LogP contribution in [-0.4, -0.2) is 33.0 Å². The van der Waals surface area contributed by atoms with E-state index < -0.39 is 0 Å². The average Bonchev–Trinajstić information content (AvgIpc) is 3.30. The third kappa shape index (κ3) is 3.57. The molecule has 0 saturated heterocycles. The second kappa shape index (κ2) is 7.52. The topological polar surface area (TPSA) is 67.2 Å². The molecule has 1 aliphatic heterocycles. The molecular formula is C22H20N4O2. The molecule has 2 aromatic carbocycles. The Kier molecular flexibility index (Phi) is 4.76. The number of nitrogens with zero attached hydrogens (tertiary/aromatic N) is 3. The van der Waals surface area contributed by atoms with Gasteiger partial charge in [-0.2, -0.15) is 5.10 Å². The summed E-state index contributed by atoms with van der Waals surface area (Å²) in [6, 6.07) is 17.1. The number of amides is 2. The summed E-state index contributed by atoms with van der Waals surface area (Å²) in [5, 5.41) is 7.09. The van der Waals surface area contributed by atoms with Gasteiger partial charge in [0.05, 0.1) is 6.54 Å². The summed E-state index contributed by atoms with van der Waals surface area (Å²) in [6.07, 6.45) is 3.66. The molecule has 6 nitrogen and oxygen atoms in total. The van der Waals surface area contributed by atoms with E-state index in [2.05, 4.69) is 17.0 Å². The Hall–Kier alpha value is -3.67. The van der Waals surface area contributed by atoms with Crippen LogP contribution in [0.15, 0.2) is 73.6 Å². The van der Waals surface area contributed by atoms with Crippen LogP contribution in [0.3, 0.4) is 0 Å². The fraction of sp³-hybridized carbons (Fsp3) is 0.136. The molecule has 3 aromatic rings. The van der Waals surface area contributed by atoms with Crippen molar-refractivity contribution < 1.29 is 9.59 Å². The van der Waals surface area contributed by atoms with Crippen molar-refractivity contribution in [3.8, 4) is 0 Å². The quantitative estimate of drug-likeness (QED) is 0.723. The van der Waals surface area contributed by atoms with Crippen LogP contribution in [0.2, 0.25) is 0 Å². The van der Waals surface area contributed by atoms with Crippen LogP contribution in [0.4, 0.5) is 0 Å². The Labute approximate surface area is 163 Å². The van der Waals surface area contributed by atoms with E-state index in [-0.39, 0.29) is 18.4 Å². The zero-order chi connectivity index (χ0) is 19.5. The van der Waals surface area contributed by atoms with Crippen molar-refractivity contribution in [2.24, 2.45) is 0 Å². The second-order valence-corrected chi connectivity index (χ2v) is 6.68. The maximum Gasteiger partial charge on any atom is 0.259 e. The standard InChI is InChI=1S/C22H20N4O2/c1-16-19-8-2-3-9-20(19)22(28)26(16)15-21(27)23-13-17-6-4-7-18(12-17)14-25-11-5-10-24-25/h2-12H,1,13-15H2,(H,23,27). The zero-order valence-electron chi connectivity index (χ0n) is 15.3. The molecule has 0 aliphatic carbocycles. The molecule has 0 saturated carbocycles. The highest BCUT2D eigenvalue weighted by Crippen LogP contribution is 2.30. The van der Waals surface area contributed by atoms with E-state index >= 15 is 0 Å². The maximum absolute atomic E-state index is 12.5. The first-order chi connectivity index (χ1) is 13.6. The van der Waals surface area contributed by atoms with E-state index in [0.29, 0.717) is 24.4 Å². The maximum atomic E-state index is 12.5. The Morgan fingerprint density at radius 3 is 2.57 bits per heavy atom. The molecule has 0 fully saturated rings. The summed E-state index contributed by atoms with van der Waals surface area (Å²) in [4.78, 5) is 26.3. The van der Waals surface area contributed by atoms with Gasteiger partial charge >= 0.3 is 0 Å². The molecule has 0 spiro atoms. The average molecular weight is 372 g/mol. The molecule has 0 bridgehead atoms. The first-order valence-electron chi connectivity index (χ1n) is 9.04. The van der Waals surface area contributed by atoms with Crippen LogP contribution in [0.1, 0.15) is 27.0 Å². The van der Waals surface area contributed by atoms with Gasteiger partial charge < -0.3 is 5.32 Å². The van der Waals surface area contributed by atoms with Crippen molar-refractivity contribution >= 4 is 17.5 Å². The number of nitrogens with one attached hydrogen (secondary N) is 1. The lowest BCUT2D eigenvalue weighted by Crippen LogP contribution is -2.36. The SMILES string of the molecule is C=C1c2ccccc2C(=O)N1CC(=O)NCc1cccc(Cn2cccn2)c1. The van der Waals surface area contributed by atoms with E-state index in [1.165, 1.54) is 4.90 Å². The van der Waals surface area contributed by atoms with Crippen molar-refractivity contribution in [2.75, 3.05) is 6.54 Å². The summed E-state index contributed by atoms with van der Waals surface area (Å²) in [7, 11) is 0. The van der Waals surface area contributed by atoms with Gasteiger partial charge in [0.15, 0.2) is 0 Å². The Morgan fingerprint density at radius 2 is 1.82 bits per heavy atom. The van der Waals surface area contributed by atoms with Gasteiger partial charge in [-0.15, -0.1) is 0 Å². The number of hydrogen-bond donors (Lipinski definition) is 1. The number of benzene rings is 2. The number of rotatable bonds is 6. The molecule has 6 heteroatoms. The van der Waals surface area contributed by atoms with E-state index in [9.17, 15) is 9.59 Å². The van der Waals surface area contributed by atoms with Crippen molar-refractivity contribution in [3.05, 3.63) is 95.8 Å². The minimum atomic E-state index is -0.222. The molecule has 1 N–H and O–H groups in total. The lowest BCUT2D eigenvalue weighted by Gasteiger charge is -2.17. The van der Waals surface area contributed by atoms with Crippen LogP contribution in [0.5, 0.6) is 0 Å². The van der Waals surface area contributed by atoms with Crippen LogP contribution in [-0.2, 0) is 17.9 Å². The first kappa shape index (κ1) is 17.7. The number of carbonyl (C=O) groups is 2. The van der Waals surface area contributed by atoms with Crippen molar-refractivity contribution in [1.29, 1.82) is 0 Å². The highest BCUT2D eigenvalue weighted by molar-refractivity contribution is 6.10. The number of aromatic nitrogens is 2. The highest BCUT2D eigenvalue weighted by atomic mass is 16.2. The predicted octanol–water partition coefficient (Wildman–Crippen LogP) is 2.67. The van der Waals surface area contributed by atoms with E-state index in [1.54, 1.807) is 12.3 Å². The highest BCUT2D eigenvalue weighted by Gasteiger charge is 2.31. The van der Waals surface area contributed by atoms with Crippen LogP contribution in [0, 0.1) is 0 Å². The van der Waals surface area contributed by atoms with Crippen LogP contribution in [0.25, 0.3) is 5.70 Å². The fourth-order valence-corrected chi connectivity index (χ4v) is 3.32. The predicted molar refractivity (Wildman–Crippen MR) is 106 cm³/mol. The largest absolute Gasteiger partial charge is 0.350 e. The summed E-state index contributed by atoms with van der Waals surface area (Å²) in [5.41, 5.74) is 4.04. The lowest BCUT2D eigenvalue weighted by atomic mass is 10.1. The summed E-state index contributed by atoms with van der Waals surface area (Å²) in [6.45, 7) is 4.99. The third-order valence-electron chi connectivity index (χ3n) is 4.73. The van der Waals surface area contributed by atoms with Crippen LogP contribution < -0.4 is 5.32 Å². The third-order valence-corrected chi connectivity index (χ3v) is 4.73. The molecule has 1 aliphatic rings. The lowest BCUT2D eigenvalue weighted by molar-refractivity contribution is -0.121. The number of fused-ring (bicyclic) bond motifs is 1. The monoisotopic (exact) mass is 372 g/mol. The minimum Gasteiger partial charge on any atom is -0.350 e. The summed E-state index contributed by atoms with van der Waals surface area (Å²) < 4.78 is 1.85. The van der Waals surface area contributed by atoms with Gasteiger partial charge in [-0.1, -0.05) is 49.0 Å². The molecule has 2 heterocycles. The molecule has 140 valence electrons. The number of hydrogen-bond acceptors (Lipinski definition) is 3. The van der Waals surface area contributed by atoms with Crippen molar-refractivity contribution in [3.63, 3.8) is 0 Å². The second-order valence-electron chi connectivity index (χ2n) is 6.68.